The Kier molecular flexibility index (Phi) is 2.44. The third kappa shape index (κ3) is 1.83. The molecule has 1 heterocycles. The van der Waals surface area contributed by atoms with Crippen molar-refractivity contribution >= 4 is 0 Å². The molecule has 1 aliphatic carbocycles. The summed E-state index contributed by atoms with van der Waals surface area (Å²) in [6, 6.07) is 0. The zero-order chi connectivity index (χ0) is 11.3. The van der Waals surface area contributed by atoms with Gasteiger partial charge in [-0.2, -0.15) is 0 Å². The fraction of sp³-hybridized carbons (Fsp3) is 1.00. The molecular weight excluding hydrogens is 188 g/mol. The summed E-state index contributed by atoms with van der Waals surface area (Å²) in [5.74, 6) is 0.550. The van der Waals surface area contributed by atoms with E-state index in [9.17, 15) is 0 Å². The summed E-state index contributed by atoms with van der Waals surface area (Å²) in [6.45, 7) is 10.9. The Labute approximate surface area is 93.3 Å². The van der Waals surface area contributed by atoms with Gasteiger partial charge in [-0.05, 0) is 46.5 Å². The van der Waals surface area contributed by atoms with Gasteiger partial charge in [0.15, 0.2) is 5.79 Å². The maximum atomic E-state index is 6.22. The Balaban J connectivity index is 2.14. The van der Waals surface area contributed by atoms with Gasteiger partial charge in [0.05, 0.1) is 11.2 Å². The van der Waals surface area contributed by atoms with Crippen molar-refractivity contribution < 1.29 is 9.47 Å². The van der Waals surface area contributed by atoms with Gasteiger partial charge in [0.1, 0.15) is 0 Å². The van der Waals surface area contributed by atoms with Crippen LogP contribution in [0.3, 0.4) is 0 Å². The van der Waals surface area contributed by atoms with Gasteiger partial charge < -0.3 is 9.47 Å². The molecule has 0 aromatic heterocycles. The zero-order valence-electron chi connectivity index (χ0n) is 10.7. The normalized spacial score (nSPS) is 33.4. The third-order valence-electron chi connectivity index (χ3n) is 4.37. The number of rotatable bonds is 0. The second-order valence-electron chi connectivity index (χ2n) is 6.32. The lowest BCUT2D eigenvalue weighted by Gasteiger charge is -2.35. The van der Waals surface area contributed by atoms with Crippen molar-refractivity contribution in [1.82, 2.24) is 0 Å². The van der Waals surface area contributed by atoms with Crippen LogP contribution in [0.25, 0.3) is 0 Å². The smallest absolute Gasteiger partial charge is 0.170 e. The maximum Gasteiger partial charge on any atom is 0.170 e. The molecule has 0 atom stereocenters. The first-order valence-corrected chi connectivity index (χ1v) is 6.17. The molecule has 1 spiro atoms. The molecule has 2 nitrogen and oxygen atoms in total. The molecular formula is C13H24O2. The van der Waals surface area contributed by atoms with E-state index < -0.39 is 0 Å². The average Bonchev–Trinajstić information content (AvgIpc) is 2.25. The molecule has 15 heavy (non-hydrogen) atoms. The molecule has 1 saturated carbocycles. The van der Waals surface area contributed by atoms with Gasteiger partial charge in [0, 0.05) is 12.8 Å². The van der Waals surface area contributed by atoms with Gasteiger partial charge in [-0.1, -0.05) is 6.92 Å². The summed E-state index contributed by atoms with van der Waals surface area (Å²) >= 11 is 0. The third-order valence-corrected chi connectivity index (χ3v) is 4.37. The minimum absolute atomic E-state index is 0.173. The highest BCUT2D eigenvalue weighted by atomic mass is 16.8. The minimum Gasteiger partial charge on any atom is -0.341 e. The van der Waals surface area contributed by atoms with Gasteiger partial charge in [-0.15, -0.1) is 0 Å². The van der Waals surface area contributed by atoms with Crippen LogP contribution < -0.4 is 0 Å². The molecule has 1 aliphatic heterocycles. The van der Waals surface area contributed by atoms with Crippen LogP contribution in [-0.4, -0.2) is 17.0 Å². The lowest BCUT2D eigenvalue weighted by molar-refractivity contribution is -0.213. The van der Waals surface area contributed by atoms with Crippen LogP contribution in [0.15, 0.2) is 0 Å². The van der Waals surface area contributed by atoms with Crippen molar-refractivity contribution in [2.24, 2.45) is 5.92 Å². The summed E-state index contributed by atoms with van der Waals surface area (Å²) in [5, 5.41) is 0. The molecule has 2 rings (SSSR count). The molecule has 2 fully saturated rings. The van der Waals surface area contributed by atoms with E-state index in [1.807, 2.05) is 0 Å². The molecule has 0 N–H and O–H groups in total. The predicted octanol–water partition coefficient (Wildman–Crippen LogP) is 3.50. The monoisotopic (exact) mass is 212 g/mol. The number of hydrogen-bond acceptors (Lipinski definition) is 2. The van der Waals surface area contributed by atoms with E-state index in [0.29, 0.717) is 0 Å². The highest BCUT2D eigenvalue weighted by Crippen LogP contribution is 2.50. The Morgan fingerprint density at radius 3 is 1.67 bits per heavy atom. The SMILES string of the molecule is CC1CCC2(CC1)OC(C)(C)C(C)(C)O2. The van der Waals surface area contributed by atoms with E-state index in [-0.39, 0.29) is 17.0 Å². The van der Waals surface area contributed by atoms with Gasteiger partial charge in [-0.25, -0.2) is 0 Å². The molecule has 2 heteroatoms. The largest absolute Gasteiger partial charge is 0.341 e. The molecule has 0 unspecified atom stereocenters. The van der Waals surface area contributed by atoms with E-state index in [2.05, 4.69) is 34.6 Å². The van der Waals surface area contributed by atoms with E-state index in [1.165, 1.54) is 12.8 Å². The Morgan fingerprint density at radius 1 is 0.867 bits per heavy atom. The van der Waals surface area contributed by atoms with E-state index in [1.54, 1.807) is 0 Å². The van der Waals surface area contributed by atoms with Crippen LogP contribution in [0, 0.1) is 5.92 Å². The maximum absolute atomic E-state index is 6.22. The Bertz CT molecular complexity index is 229. The highest BCUT2D eigenvalue weighted by molar-refractivity contribution is 5.00. The summed E-state index contributed by atoms with van der Waals surface area (Å²) in [4.78, 5) is 0. The van der Waals surface area contributed by atoms with Gasteiger partial charge in [-0.3, -0.25) is 0 Å². The fourth-order valence-corrected chi connectivity index (χ4v) is 2.60. The molecule has 2 aliphatic rings. The van der Waals surface area contributed by atoms with Crippen LogP contribution in [0.4, 0.5) is 0 Å². The van der Waals surface area contributed by atoms with Crippen LogP contribution in [0.1, 0.15) is 60.3 Å². The lowest BCUT2D eigenvalue weighted by Crippen LogP contribution is -2.41. The first-order valence-electron chi connectivity index (χ1n) is 6.17. The zero-order valence-corrected chi connectivity index (χ0v) is 10.7. The number of ether oxygens (including phenoxy) is 2. The minimum atomic E-state index is -0.278. The van der Waals surface area contributed by atoms with Gasteiger partial charge >= 0.3 is 0 Å². The first kappa shape index (κ1) is 11.4. The van der Waals surface area contributed by atoms with E-state index in [0.717, 1.165) is 18.8 Å². The predicted molar refractivity (Wildman–Crippen MR) is 60.7 cm³/mol. The molecule has 1 saturated heterocycles. The van der Waals surface area contributed by atoms with Crippen LogP contribution in [0.5, 0.6) is 0 Å². The van der Waals surface area contributed by atoms with Crippen molar-refractivity contribution in [1.29, 1.82) is 0 Å². The Hall–Kier alpha value is -0.0800. The van der Waals surface area contributed by atoms with Crippen molar-refractivity contribution in [3.8, 4) is 0 Å². The Morgan fingerprint density at radius 2 is 1.27 bits per heavy atom. The van der Waals surface area contributed by atoms with E-state index in [4.69, 9.17) is 9.47 Å². The van der Waals surface area contributed by atoms with Crippen LogP contribution >= 0.6 is 0 Å². The van der Waals surface area contributed by atoms with Crippen molar-refractivity contribution in [3.05, 3.63) is 0 Å². The molecule has 0 aromatic rings. The number of hydrogen-bond donors (Lipinski definition) is 0. The molecule has 0 aromatic carbocycles. The van der Waals surface area contributed by atoms with Crippen molar-refractivity contribution in [3.63, 3.8) is 0 Å². The quantitative estimate of drug-likeness (QED) is 0.612. The van der Waals surface area contributed by atoms with Crippen molar-refractivity contribution in [2.75, 3.05) is 0 Å². The summed E-state index contributed by atoms with van der Waals surface area (Å²) in [5.41, 5.74) is -0.346. The summed E-state index contributed by atoms with van der Waals surface area (Å²) < 4.78 is 12.4. The first-order chi connectivity index (χ1) is 6.77. The van der Waals surface area contributed by atoms with Crippen LogP contribution in [0.2, 0.25) is 0 Å². The average molecular weight is 212 g/mol. The summed E-state index contributed by atoms with van der Waals surface area (Å²) in [7, 11) is 0. The second kappa shape index (κ2) is 3.21. The fourth-order valence-electron chi connectivity index (χ4n) is 2.60. The standard InChI is InChI=1S/C13H24O2/c1-10-6-8-13(9-7-10)14-11(2,3)12(4,5)15-13/h10H,6-9H2,1-5H3. The highest BCUT2D eigenvalue weighted by Gasteiger charge is 2.57. The molecule has 0 bridgehead atoms. The molecule has 0 radical (unpaired) electrons. The van der Waals surface area contributed by atoms with Gasteiger partial charge in [0.2, 0.25) is 0 Å². The van der Waals surface area contributed by atoms with Crippen LogP contribution in [-0.2, 0) is 9.47 Å². The summed E-state index contributed by atoms with van der Waals surface area (Å²) in [6.07, 6.45) is 4.57. The van der Waals surface area contributed by atoms with Crippen molar-refractivity contribution in [2.45, 2.75) is 77.3 Å². The molecule has 0 amide bonds. The topological polar surface area (TPSA) is 18.5 Å². The lowest BCUT2D eigenvalue weighted by atomic mass is 9.86. The molecule has 88 valence electrons. The van der Waals surface area contributed by atoms with E-state index >= 15 is 0 Å². The van der Waals surface area contributed by atoms with Gasteiger partial charge in [0.25, 0.3) is 0 Å². The second-order valence-corrected chi connectivity index (χ2v) is 6.32.